The minimum atomic E-state index is -0.422. The molecule has 1 N–H and O–H groups in total. The number of nitrogens with zero attached hydrogens (tertiary/aromatic N) is 2. The van der Waals surface area contributed by atoms with Crippen molar-refractivity contribution in [2.24, 2.45) is 0 Å². The second kappa shape index (κ2) is 7.72. The zero-order valence-electron chi connectivity index (χ0n) is 16.3. The molecule has 0 saturated heterocycles. The van der Waals surface area contributed by atoms with Crippen LogP contribution in [0.15, 0.2) is 77.7 Å². The number of nitrogens with one attached hydrogen (secondary N) is 1. The Morgan fingerprint density at radius 3 is 2.55 bits per heavy atom. The third-order valence-electron chi connectivity index (χ3n) is 4.91. The number of benzene rings is 2. The third-order valence-corrected chi connectivity index (χ3v) is 4.91. The van der Waals surface area contributed by atoms with Crippen LogP contribution in [0.4, 0.5) is 5.69 Å². The molecule has 29 heavy (non-hydrogen) atoms. The standard InChI is InChI=1S/C24H21N3O2/c1-16-10-11-21(17(2)13-16)26-23(28)20-14-19-9-6-12-25-22(19)27(24(20)29)15-18-7-4-3-5-8-18/h3-14H,15H2,1-2H3,(H,26,28). The van der Waals surface area contributed by atoms with Crippen LogP contribution in [-0.4, -0.2) is 15.5 Å². The highest BCUT2D eigenvalue weighted by atomic mass is 16.2. The summed E-state index contributed by atoms with van der Waals surface area (Å²) in [5.41, 5.74) is 4.02. The van der Waals surface area contributed by atoms with Crippen molar-refractivity contribution in [3.63, 3.8) is 0 Å². The Balaban J connectivity index is 1.79. The van der Waals surface area contributed by atoms with Crippen LogP contribution in [0.3, 0.4) is 0 Å². The van der Waals surface area contributed by atoms with E-state index in [1.807, 2.05) is 68.4 Å². The highest BCUT2D eigenvalue weighted by Crippen LogP contribution is 2.18. The molecular weight excluding hydrogens is 362 g/mol. The summed E-state index contributed by atoms with van der Waals surface area (Å²) in [7, 11) is 0. The highest BCUT2D eigenvalue weighted by molar-refractivity contribution is 6.06. The summed E-state index contributed by atoms with van der Waals surface area (Å²) in [6.45, 7) is 4.27. The van der Waals surface area contributed by atoms with E-state index in [0.717, 1.165) is 22.1 Å². The summed E-state index contributed by atoms with van der Waals surface area (Å²) in [6, 6.07) is 20.7. The molecule has 2 heterocycles. The summed E-state index contributed by atoms with van der Waals surface area (Å²) in [5.74, 6) is -0.422. The van der Waals surface area contributed by atoms with E-state index < -0.39 is 5.91 Å². The number of carbonyl (C=O) groups excluding carboxylic acids is 1. The maximum atomic E-state index is 13.2. The van der Waals surface area contributed by atoms with Crippen molar-refractivity contribution in [3.8, 4) is 0 Å². The summed E-state index contributed by atoms with van der Waals surface area (Å²) in [5, 5.41) is 3.62. The van der Waals surface area contributed by atoms with Crippen LogP contribution in [0, 0.1) is 13.8 Å². The second-order valence-corrected chi connectivity index (χ2v) is 7.12. The number of amides is 1. The van der Waals surface area contributed by atoms with Gasteiger partial charge >= 0.3 is 0 Å². The quantitative estimate of drug-likeness (QED) is 0.571. The fourth-order valence-electron chi connectivity index (χ4n) is 3.43. The first-order valence-corrected chi connectivity index (χ1v) is 9.44. The molecule has 2 aromatic heterocycles. The van der Waals surface area contributed by atoms with E-state index in [0.29, 0.717) is 17.9 Å². The zero-order valence-corrected chi connectivity index (χ0v) is 16.3. The van der Waals surface area contributed by atoms with Gasteiger partial charge in [0.15, 0.2) is 0 Å². The van der Waals surface area contributed by atoms with E-state index in [9.17, 15) is 9.59 Å². The number of hydrogen-bond acceptors (Lipinski definition) is 3. The predicted molar refractivity (Wildman–Crippen MR) is 115 cm³/mol. The lowest BCUT2D eigenvalue weighted by molar-refractivity contribution is 0.102. The smallest absolute Gasteiger partial charge is 0.265 e. The van der Waals surface area contributed by atoms with Gasteiger partial charge in [-0.25, -0.2) is 4.98 Å². The van der Waals surface area contributed by atoms with Crippen LogP contribution in [0.5, 0.6) is 0 Å². The van der Waals surface area contributed by atoms with Gasteiger partial charge in [-0.15, -0.1) is 0 Å². The lowest BCUT2D eigenvalue weighted by Gasteiger charge is -2.13. The maximum absolute atomic E-state index is 13.2. The number of aryl methyl sites for hydroxylation is 2. The van der Waals surface area contributed by atoms with Gasteiger partial charge in [0.05, 0.1) is 6.54 Å². The van der Waals surface area contributed by atoms with Gasteiger partial charge in [0.1, 0.15) is 11.2 Å². The monoisotopic (exact) mass is 383 g/mol. The molecule has 5 heteroatoms. The molecule has 144 valence electrons. The molecule has 0 aliphatic heterocycles. The summed E-state index contributed by atoms with van der Waals surface area (Å²) in [4.78, 5) is 30.6. The van der Waals surface area contributed by atoms with Crippen LogP contribution >= 0.6 is 0 Å². The van der Waals surface area contributed by atoms with E-state index in [2.05, 4.69) is 10.3 Å². The Morgan fingerprint density at radius 2 is 1.79 bits per heavy atom. The number of anilines is 1. The molecule has 0 fully saturated rings. The van der Waals surface area contributed by atoms with Crippen molar-refractivity contribution < 1.29 is 4.79 Å². The lowest BCUT2D eigenvalue weighted by Crippen LogP contribution is -2.30. The molecule has 0 radical (unpaired) electrons. The van der Waals surface area contributed by atoms with Crippen LogP contribution in [-0.2, 0) is 6.54 Å². The van der Waals surface area contributed by atoms with Crippen LogP contribution in [0.25, 0.3) is 11.0 Å². The fraction of sp³-hybridized carbons (Fsp3) is 0.125. The number of pyridine rings is 2. The number of aromatic nitrogens is 2. The first-order chi connectivity index (χ1) is 14.0. The maximum Gasteiger partial charge on any atom is 0.265 e. The van der Waals surface area contributed by atoms with Crippen LogP contribution < -0.4 is 10.9 Å². The van der Waals surface area contributed by atoms with Crippen molar-refractivity contribution in [1.29, 1.82) is 0 Å². The van der Waals surface area contributed by atoms with Crippen molar-refractivity contribution >= 4 is 22.6 Å². The first-order valence-electron chi connectivity index (χ1n) is 9.44. The van der Waals surface area contributed by atoms with Gasteiger partial charge in [-0.1, -0.05) is 48.0 Å². The molecule has 2 aromatic carbocycles. The summed E-state index contributed by atoms with van der Waals surface area (Å²) < 4.78 is 1.56. The van der Waals surface area contributed by atoms with E-state index in [1.54, 1.807) is 22.9 Å². The van der Waals surface area contributed by atoms with Crippen LogP contribution in [0.2, 0.25) is 0 Å². The molecule has 0 bridgehead atoms. The fourth-order valence-corrected chi connectivity index (χ4v) is 3.43. The van der Waals surface area contributed by atoms with Gasteiger partial charge < -0.3 is 5.32 Å². The Kier molecular flexibility index (Phi) is 4.96. The largest absolute Gasteiger partial charge is 0.322 e. The lowest BCUT2D eigenvalue weighted by atomic mass is 10.1. The van der Waals surface area contributed by atoms with Gasteiger partial charge in [-0.05, 0) is 49.2 Å². The molecule has 0 aliphatic rings. The molecule has 0 atom stereocenters. The minimum Gasteiger partial charge on any atom is -0.322 e. The normalized spacial score (nSPS) is 10.8. The first kappa shape index (κ1) is 18.6. The number of fused-ring (bicyclic) bond motifs is 1. The molecule has 1 amide bonds. The molecule has 0 spiro atoms. The number of carbonyl (C=O) groups is 1. The summed E-state index contributed by atoms with van der Waals surface area (Å²) in [6.07, 6.45) is 1.65. The van der Waals surface area contributed by atoms with Gasteiger partial charge in [0.2, 0.25) is 0 Å². The van der Waals surface area contributed by atoms with E-state index in [1.165, 1.54) is 0 Å². The SMILES string of the molecule is Cc1ccc(NC(=O)c2cc3cccnc3n(Cc3ccccc3)c2=O)c(C)c1. The Bertz CT molecular complexity index is 1260. The number of rotatable bonds is 4. The molecule has 4 rings (SSSR count). The highest BCUT2D eigenvalue weighted by Gasteiger charge is 2.17. The second-order valence-electron chi connectivity index (χ2n) is 7.12. The van der Waals surface area contributed by atoms with Crippen molar-refractivity contribution in [3.05, 3.63) is 106 Å². The van der Waals surface area contributed by atoms with E-state index in [4.69, 9.17) is 0 Å². The average molecular weight is 383 g/mol. The molecule has 5 nitrogen and oxygen atoms in total. The van der Waals surface area contributed by atoms with Crippen molar-refractivity contribution in [2.45, 2.75) is 20.4 Å². The van der Waals surface area contributed by atoms with Gasteiger partial charge in [0.25, 0.3) is 11.5 Å². The van der Waals surface area contributed by atoms with Crippen molar-refractivity contribution in [1.82, 2.24) is 9.55 Å². The molecule has 0 unspecified atom stereocenters. The summed E-state index contributed by atoms with van der Waals surface area (Å²) >= 11 is 0. The topological polar surface area (TPSA) is 64.0 Å². The van der Waals surface area contributed by atoms with Crippen LogP contribution in [0.1, 0.15) is 27.0 Å². The Morgan fingerprint density at radius 1 is 1.00 bits per heavy atom. The number of hydrogen-bond donors (Lipinski definition) is 1. The van der Waals surface area contributed by atoms with Gasteiger partial charge in [0, 0.05) is 17.3 Å². The van der Waals surface area contributed by atoms with E-state index in [-0.39, 0.29) is 11.1 Å². The minimum absolute atomic E-state index is 0.0985. The molecule has 0 saturated carbocycles. The third kappa shape index (κ3) is 3.80. The predicted octanol–water partition coefficient (Wildman–Crippen LogP) is 4.31. The van der Waals surface area contributed by atoms with Gasteiger partial charge in [-0.2, -0.15) is 0 Å². The Labute approximate surface area is 168 Å². The zero-order chi connectivity index (χ0) is 20.4. The van der Waals surface area contributed by atoms with Crippen molar-refractivity contribution in [2.75, 3.05) is 5.32 Å². The Hall–Kier alpha value is -3.73. The molecular formula is C24H21N3O2. The molecule has 0 aliphatic carbocycles. The molecule has 4 aromatic rings. The average Bonchev–Trinajstić information content (AvgIpc) is 2.72. The van der Waals surface area contributed by atoms with E-state index >= 15 is 0 Å². The van der Waals surface area contributed by atoms with Gasteiger partial charge in [-0.3, -0.25) is 14.2 Å².